The number of methoxy groups -OCH3 is 1. The molecule has 0 bridgehead atoms. The monoisotopic (exact) mass is 372 g/mol. The lowest BCUT2D eigenvalue weighted by molar-refractivity contribution is -0.145. The Bertz CT molecular complexity index is 775. The summed E-state index contributed by atoms with van der Waals surface area (Å²) in [5, 5.41) is 6.72. The molecule has 0 fully saturated rings. The van der Waals surface area contributed by atoms with Crippen LogP contribution in [0.1, 0.15) is 29.5 Å². The number of hydrogen-bond acceptors (Lipinski definition) is 5. The Morgan fingerprint density at radius 1 is 1.31 bits per heavy atom. The average molecular weight is 372 g/mol. The maximum Gasteiger partial charge on any atom is 0.328 e. The molecule has 2 aromatic rings. The molecule has 3 rings (SSSR count). The first kappa shape index (κ1) is 18.6. The van der Waals surface area contributed by atoms with Gasteiger partial charge >= 0.3 is 5.97 Å². The van der Waals surface area contributed by atoms with E-state index in [2.05, 4.69) is 17.4 Å². The maximum atomic E-state index is 12.6. The summed E-state index contributed by atoms with van der Waals surface area (Å²) in [6.07, 6.45) is 2.91. The molecule has 138 valence electrons. The lowest BCUT2D eigenvalue weighted by Gasteiger charge is -2.34. The van der Waals surface area contributed by atoms with Crippen molar-refractivity contribution >= 4 is 23.2 Å². The quantitative estimate of drug-likeness (QED) is 0.762. The van der Waals surface area contributed by atoms with Crippen molar-refractivity contribution in [3.8, 4) is 0 Å². The third-order valence-corrected chi connectivity index (χ3v) is 5.64. The van der Waals surface area contributed by atoms with Crippen LogP contribution in [0, 0.1) is 0 Å². The second-order valence-corrected chi connectivity index (χ2v) is 7.74. The molecule has 0 saturated carbocycles. The van der Waals surface area contributed by atoms with Gasteiger partial charge in [-0.15, -0.1) is 0 Å². The predicted molar refractivity (Wildman–Crippen MR) is 102 cm³/mol. The van der Waals surface area contributed by atoms with Crippen LogP contribution < -0.4 is 11.1 Å². The number of thiophene rings is 1. The van der Waals surface area contributed by atoms with Gasteiger partial charge in [0.2, 0.25) is 5.91 Å². The number of carbonyl (C=O) groups is 2. The Kier molecular flexibility index (Phi) is 5.74. The number of esters is 1. The fraction of sp³-hybridized carbons (Fsp3) is 0.400. The van der Waals surface area contributed by atoms with Gasteiger partial charge in [-0.3, -0.25) is 4.79 Å². The molecule has 2 atom stereocenters. The molecule has 3 N–H and O–H groups in total. The molecule has 2 unspecified atom stereocenters. The summed E-state index contributed by atoms with van der Waals surface area (Å²) in [6, 6.07) is 9.46. The molecule has 26 heavy (non-hydrogen) atoms. The van der Waals surface area contributed by atoms with Crippen LogP contribution in [0.4, 0.5) is 0 Å². The Labute approximate surface area is 157 Å². The minimum atomic E-state index is -0.693. The number of hydrogen-bond donors (Lipinski definition) is 2. The van der Waals surface area contributed by atoms with Gasteiger partial charge in [-0.25, -0.2) is 4.79 Å². The van der Waals surface area contributed by atoms with Crippen LogP contribution in [-0.2, 0) is 33.6 Å². The normalized spacial score (nSPS) is 20.1. The highest BCUT2D eigenvalue weighted by Gasteiger charge is 2.34. The molecule has 5 nitrogen and oxygen atoms in total. The molecule has 1 aromatic carbocycles. The molecule has 0 saturated heterocycles. The van der Waals surface area contributed by atoms with E-state index < -0.39 is 17.6 Å². The highest BCUT2D eigenvalue weighted by molar-refractivity contribution is 7.07. The van der Waals surface area contributed by atoms with Gasteiger partial charge in [-0.05, 0) is 52.8 Å². The first-order valence-corrected chi connectivity index (χ1v) is 9.67. The number of nitrogens with one attached hydrogen (secondary N) is 1. The minimum Gasteiger partial charge on any atom is -0.467 e. The van der Waals surface area contributed by atoms with Crippen LogP contribution in [0.15, 0.2) is 41.1 Å². The summed E-state index contributed by atoms with van der Waals surface area (Å²) in [7, 11) is 1.33. The topological polar surface area (TPSA) is 81.4 Å². The van der Waals surface area contributed by atoms with Crippen LogP contribution in [-0.4, -0.2) is 30.6 Å². The molecule has 0 aliphatic heterocycles. The van der Waals surface area contributed by atoms with Gasteiger partial charge in [0, 0.05) is 18.4 Å². The van der Waals surface area contributed by atoms with E-state index >= 15 is 0 Å². The summed E-state index contributed by atoms with van der Waals surface area (Å²) < 4.78 is 4.84. The van der Waals surface area contributed by atoms with Crippen molar-refractivity contribution in [1.82, 2.24) is 5.32 Å². The fourth-order valence-electron chi connectivity index (χ4n) is 3.52. The highest BCUT2D eigenvalue weighted by atomic mass is 32.1. The van der Waals surface area contributed by atoms with Gasteiger partial charge in [0.25, 0.3) is 0 Å². The second-order valence-electron chi connectivity index (χ2n) is 6.96. The molecule has 1 aromatic heterocycles. The molecule has 0 radical (unpaired) electrons. The van der Waals surface area contributed by atoms with Crippen LogP contribution in [0.25, 0.3) is 0 Å². The fourth-order valence-corrected chi connectivity index (χ4v) is 4.20. The van der Waals surface area contributed by atoms with Crippen LogP contribution >= 0.6 is 11.3 Å². The lowest BCUT2D eigenvalue weighted by atomic mass is 9.76. The van der Waals surface area contributed by atoms with E-state index in [1.165, 1.54) is 18.2 Å². The van der Waals surface area contributed by atoms with Crippen molar-refractivity contribution in [1.29, 1.82) is 0 Å². The van der Waals surface area contributed by atoms with Gasteiger partial charge in [-0.2, -0.15) is 11.3 Å². The van der Waals surface area contributed by atoms with Gasteiger partial charge in [-0.1, -0.05) is 24.3 Å². The number of aryl methyl sites for hydroxylation is 1. The van der Waals surface area contributed by atoms with Crippen LogP contribution in [0.2, 0.25) is 0 Å². The SMILES string of the molecule is COC(=O)C(Cc1ccsc1)NC(=O)CC1(N)CCc2ccccc2C1. The number of ether oxygens (including phenoxy) is 1. The smallest absolute Gasteiger partial charge is 0.328 e. The van der Waals surface area contributed by atoms with E-state index in [9.17, 15) is 9.59 Å². The summed E-state index contributed by atoms with van der Waals surface area (Å²) in [4.78, 5) is 24.6. The molecule has 1 amide bonds. The molecular formula is C20H24N2O3S. The molecule has 1 aliphatic carbocycles. The van der Waals surface area contributed by atoms with Crippen molar-refractivity contribution in [2.75, 3.05) is 7.11 Å². The number of amides is 1. The number of fused-ring (bicyclic) bond motifs is 1. The van der Waals surface area contributed by atoms with Gasteiger partial charge < -0.3 is 15.8 Å². The standard InChI is InChI=1S/C20H24N2O3S/c1-25-19(24)17(10-14-7-9-26-13-14)22-18(23)12-20(21)8-6-15-4-2-3-5-16(15)11-20/h2-5,7,9,13,17H,6,8,10-12,21H2,1H3,(H,22,23). The van der Waals surface area contributed by atoms with Gasteiger partial charge in [0.05, 0.1) is 7.11 Å². The zero-order chi connectivity index (χ0) is 18.6. The van der Waals surface area contributed by atoms with E-state index in [0.29, 0.717) is 12.8 Å². The average Bonchev–Trinajstić information content (AvgIpc) is 3.13. The Balaban J connectivity index is 1.63. The van der Waals surface area contributed by atoms with Crippen molar-refractivity contribution < 1.29 is 14.3 Å². The van der Waals surface area contributed by atoms with E-state index in [4.69, 9.17) is 10.5 Å². The number of nitrogens with two attached hydrogens (primary N) is 1. The van der Waals surface area contributed by atoms with E-state index in [0.717, 1.165) is 18.4 Å². The zero-order valence-electron chi connectivity index (χ0n) is 14.9. The number of benzene rings is 1. The Morgan fingerprint density at radius 3 is 2.77 bits per heavy atom. The zero-order valence-corrected chi connectivity index (χ0v) is 15.7. The van der Waals surface area contributed by atoms with Crippen molar-refractivity contribution in [2.24, 2.45) is 5.73 Å². The molecular weight excluding hydrogens is 348 g/mol. The first-order valence-electron chi connectivity index (χ1n) is 8.73. The second kappa shape index (κ2) is 8.01. The maximum absolute atomic E-state index is 12.6. The van der Waals surface area contributed by atoms with Gasteiger partial charge in [0.1, 0.15) is 6.04 Å². The van der Waals surface area contributed by atoms with Crippen LogP contribution in [0.5, 0.6) is 0 Å². The molecule has 1 heterocycles. The molecule has 0 spiro atoms. The van der Waals surface area contributed by atoms with Crippen molar-refractivity contribution in [3.05, 3.63) is 57.8 Å². The predicted octanol–water partition coefficient (Wildman–Crippen LogP) is 2.22. The van der Waals surface area contributed by atoms with Crippen LogP contribution in [0.3, 0.4) is 0 Å². The summed E-state index contributed by atoms with van der Waals surface area (Å²) >= 11 is 1.56. The Morgan fingerprint density at radius 2 is 2.08 bits per heavy atom. The van der Waals surface area contributed by atoms with E-state index in [1.807, 2.05) is 29.0 Å². The van der Waals surface area contributed by atoms with Crippen molar-refractivity contribution in [2.45, 2.75) is 43.7 Å². The van der Waals surface area contributed by atoms with E-state index in [1.54, 1.807) is 11.3 Å². The molecule has 1 aliphatic rings. The summed E-state index contributed by atoms with van der Waals surface area (Å²) in [6.45, 7) is 0. The summed E-state index contributed by atoms with van der Waals surface area (Å²) in [5.74, 6) is -0.651. The largest absolute Gasteiger partial charge is 0.467 e. The number of rotatable bonds is 6. The Hall–Kier alpha value is -2.18. The third kappa shape index (κ3) is 4.51. The molecule has 6 heteroatoms. The van der Waals surface area contributed by atoms with Crippen molar-refractivity contribution in [3.63, 3.8) is 0 Å². The number of carbonyl (C=O) groups excluding carboxylic acids is 2. The van der Waals surface area contributed by atoms with E-state index in [-0.39, 0.29) is 12.3 Å². The first-order chi connectivity index (χ1) is 12.5. The summed E-state index contributed by atoms with van der Waals surface area (Å²) in [5.41, 5.74) is 9.45. The third-order valence-electron chi connectivity index (χ3n) is 4.91. The highest BCUT2D eigenvalue weighted by Crippen LogP contribution is 2.29. The lowest BCUT2D eigenvalue weighted by Crippen LogP contribution is -2.51. The van der Waals surface area contributed by atoms with Gasteiger partial charge in [0.15, 0.2) is 0 Å². The minimum absolute atomic E-state index is 0.193.